The number of thiophene rings is 1. The first-order valence-electron chi connectivity index (χ1n) is 17.5. The molecule has 1 aliphatic heterocycles. The molecule has 1 aliphatic rings. The second-order valence-corrected chi connectivity index (χ2v) is 15.4. The molecule has 0 bridgehead atoms. The molecule has 52 heavy (non-hydrogen) atoms. The Bertz CT molecular complexity index is 3030. The Labute approximate surface area is 309 Å². The third-order valence-electron chi connectivity index (χ3n) is 10.3. The van der Waals surface area contributed by atoms with E-state index in [2.05, 4.69) is 170 Å². The lowest BCUT2D eigenvalue weighted by molar-refractivity contribution is 1.24. The maximum Gasteiger partial charge on any atom is 0.161 e. The van der Waals surface area contributed by atoms with Gasteiger partial charge < -0.3 is 0 Å². The predicted octanol–water partition coefficient (Wildman–Crippen LogP) is 14.0. The summed E-state index contributed by atoms with van der Waals surface area (Å²) >= 11 is 3.64. The van der Waals surface area contributed by atoms with Gasteiger partial charge in [0, 0.05) is 36.4 Å². The van der Waals surface area contributed by atoms with Crippen molar-refractivity contribution in [1.82, 2.24) is 9.97 Å². The standard InChI is InChI=1S/C48H28N2S2/c1-2-10-29(11-3-1)31-20-23-32(24-21-31)44-47-45(40-14-6-7-19-41(40)51-47)50-48(49-44)39-26-27-42-43-36(16-9-17-37(39)43)38-18-8-15-35(46(38)52-42)34-25-22-30-12-4-5-13-33(30)28-34/h1-28H. The first-order chi connectivity index (χ1) is 25.8. The molecule has 0 radical (unpaired) electrons. The molecule has 0 atom stereocenters. The zero-order valence-corrected chi connectivity index (χ0v) is 29.5. The van der Waals surface area contributed by atoms with Crippen LogP contribution in [-0.4, -0.2) is 9.97 Å². The zero-order valence-electron chi connectivity index (χ0n) is 27.9. The molecule has 2 nitrogen and oxygen atoms in total. The highest BCUT2D eigenvalue weighted by molar-refractivity contribution is 8.00. The van der Waals surface area contributed by atoms with Crippen molar-refractivity contribution in [2.45, 2.75) is 9.79 Å². The van der Waals surface area contributed by atoms with E-state index in [0.29, 0.717) is 0 Å². The van der Waals surface area contributed by atoms with E-state index in [1.807, 2.05) is 11.8 Å². The van der Waals surface area contributed by atoms with Crippen LogP contribution in [-0.2, 0) is 0 Å². The highest BCUT2D eigenvalue weighted by Gasteiger charge is 2.25. The molecule has 2 aromatic heterocycles. The van der Waals surface area contributed by atoms with Crippen LogP contribution in [0.1, 0.15) is 0 Å². The highest BCUT2D eigenvalue weighted by Crippen LogP contribution is 2.53. The zero-order chi connectivity index (χ0) is 34.2. The van der Waals surface area contributed by atoms with Crippen LogP contribution in [0.5, 0.6) is 0 Å². The van der Waals surface area contributed by atoms with Crippen LogP contribution in [0.3, 0.4) is 0 Å². The Morgan fingerprint density at radius 1 is 0.423 bits per heavy atom. The van der Waals surface area contributed by atoms with Crippen molar-refractivity contribution in [2.75, 3.05) is 0 Å². The average Bonchev–Trinajstić information content (AvgIpc) is 3.59. The summed E-state index contributed by atoms with van der Waals surface area (Å²) in [5.74, 6) is 0.752. The van der Waals surface area contributed by atoms with Crippen LogP contribution in [0.4, 0.5) is 0 Å². The molecule has 0 amide bonds. The fourth-order valence-corrected chi connectivity index (χ4v) is 10.2. The van der Waals surface area contributed by atoms with Crippen LogP contribution < -0.4 is 0 Å². The Balaban J connectivity index is 1.09. The maximum absolute atomic E-state index is 5.41. The average molecular weight is 697 g/mol. The molecule has 0 unspecified atom stereocenters. The third kappa shape index (κ3) is 4.65. The van der Waals surface area contributed by atoms with Crippen molar-refractivity contribution < 1.29 is 0 Å². The molecule has 242 valence electrons. The molecule has 4 heteroatoms. The molecule has 0 fully saturated rings. The number of aromatic nitrogens is 2. The van der Waals surface area contributed by atoms with Gasteiger partial charge in [-0.15, -0.1) is 11.3 Å². The van der Waals surface area contributed by atoms with Gasteiger partial charge in [0.25, 0.3) is 0 Å². The maximum atomic E-state index is 5.41. The van der Waals surface area contributed by atoms with Crippen LogP contribution in [0.15, 0.2) is 180 Å². The summed E-state index contributed by atoms with van der Waals surface area (Å²) in [5, 5.41) is 6.12. The van der Waals surface area contributed by atoms with Crippen molar-refractivity contribution in [3.8, 4) is 56.0 Å². The summed E-state index contributed by atoms with van der Waals surface area (Å²) in [5.41, 5.74) is 11.5. The van der Waals surface area contributed by atoms with Crippen LogP contribution in [0.2, 0.25) is 0 Å². The lowest BCUT2D eigenvalue weighted by atomic mass is 9.92. The minimum Gasteiger partial charge on any atom is -0.226 e. The number of fused-ring (bicyclic) bond motifs is 6. The number of hydrogen-bond donors (Lipinski definition) is 0. The van der Waals surface area contributed by atoms with Gasteiger partial charge in [-0.2, -0.15) is 0 Å². The monoisotopic (exact) mass is 696 g/mol. The van der Waals surface area contributed by atoms with Gasteiger partial charge in [0.2, 0.25) is 0 Å². The summed E-state index contributed by atoms with van der Waals surface area (Å²) in [6.45, 7) is 0. The van der Waals surface area contributed by atoms with Gasteiger partial charge in [0.1, 0.15) is 0 Å². The summed E-state index contributed by atoms with van der Waals surface area (Å²) in [4.78, 5) is 13.3. The second-order valence-electron chi connectivity index (χ2n) is 13.3. The van der Waals surface area contributed by atoms with E-state index in [4.69, 9.17) is 9.97 Å². The van der Waals surface area contributed by atoms with Crippen molar-refractivity contribution in [2.24, 2.45) is 0 Å². The molecule has 10 aromatic rings. The van der Waals surface area contributed by atoms with Crippen molar-refractivity contribution in [3.05, 3.63) is 170 Å². The summed E-state index contributed by atoms with van der Waals surface area (Å²) in [6, 6.07) is 61.3. The Hall–Kier alpha value is -6.07. The Kier molecular flexibility index (Phi) is 6.69. The van der Waals surface area contributed by atoms with Gasteiger partial charge in [-0.1, -0.05) is 157 Å². The summed E-state index contributed by atoms with van der Waals surface area (Å²) in [6.07, 6.45) is 0. The van der Waals surface area contributed by atoms with Crippen LogP contribution >= 0.6 is 23.1 Å². The molecule has 0 saturated carbocycles. The first-order valence-corrected chi connectivity index (χ1v) is 19.1. The van der Waals surface area contributed by atoms with Crippen molar-refractivity contribution >= 4 is 64.9 Å². The van der Waals surface area contributed by atoms with Gasteiger partial charge in [0.15, 0.2) is 5.82 Å². The van der Waals surface area contributed by atoms with E-state index in [9.17, 15) is 0 Å². The van der Waals surface area contributed by atoms with E-state index < -0.39 is 0 Å². The second kappa shape index (κ2) is 11.7. The lowest BCUT2D eigenvalue weighted by Gasteiger charge is -2.24. The van der Waals surface area contributed by atoms with Gasteiger partial charge >= 0.3 is 0 Å². The van der Waals surface area contributed by atoms with Crippen molar-refractivity contribution in [1.29, 1.82) is 0 Å². The fraction of sp³-hybridized carbons (Fsp3) is 0. The van der Waals surface area contributed by atoms with Gasteiger partial charge in [-0.3, -0.25) is 0 Å². The minimum atomic E-state index is 0.752. The molecular weight excluding hydrogens is 669 g/mol. The molecule has 11 rings (SSSR count). The van der Waals surface area contributed by atoms with E-state index in [0.717, 1.165) is 32.9 Å². The molecule has 0 saturated heterocycles. The molecular formula is C48H28N2S2. The van der Waals surface area contributed by atoms with E-state index in [1.54, 1.807) is 11.3 Å². The normalized spacial score (nSPS) is 12.2. The lowest BCUT2D eigenvalue weighted by Crippen LogP contribution is -1.98. The Morgan fingerprint density at radius 3 is 2.02 bits per heavy atom. The minimum absolute atomic E-state index is 0.752. The highest BCUT2D eigenvalue weighted by atomic mass is 32.2. The van der Waals surface area contributed by atoms with E-state index in [-0.39, 0.29) is 0 Å². The summed E-state index contributed by atoms with van der Waals surface area (Å²) in [7, 11) is 0. The van der Waals surface area contributed by atoms with Gasteiger partial charge in [-0.25, -0.2) is 9.97 Å². The quantitative estimate of drug-likeness (QED) is 0.183. The van der Waals surface area contributed by atoms with E-state index >= 15 is 0 Å². The number of benzene rings is 8. The van der Waals surface area contributed by atoms with Crippen LogP contribution in [0.25, 0.3) is 97.9 Å². The molecule has 0 spiro atoms. The number of rotatable bonds is 4. The van der Waals surface area contributed by atoms with Gasteiger partial charge in [-0.05, 0) is 73.8 Å². The fourth-order valence-electron chi connectivity index (χ4n) is 7.79. The molecule has 8 aromatic carbocycles. The topological polar surface area (TPSA) is 25.8 Å². The number of nitrogens with zero attached hydrogens (tertiary/aromatic N) is 2. The smallest absolute Gasteiger partial charge is 0.161 e. The van der Waals surface area contributed by atoms with E-state index in [1.165, 1.54) is 74.8 Å². The Morgan fingerprint density at radius 2 is 1.12 bits per heavy atom. The van der Waals surface area contributed by atoms with Crippen molar-refractivity contribution in [3.63, 3.8) is 0 Å². The first kappa shape index (κ1) is 29.6. The largest absolute Gasteiger partial charge is 0.226 e. The molecule has 0 N–H and O–H groups in total. The molecule has 3 heterocycles. The summed E-state index contributed by atoms with van der Waals surface area (Å²) < 4.78 is 2.34. The number of hydrogen-bond acceptors (Lipinski definition) is 4. The van der Waals surface area contributed by atoms with Crippen LogP contribution in [0, 0.1) is 0 Å². The third-order valence-corrected chi connectivity index (χ3v) is 12.7. The predicted molar refractivity (Wildman–Crippen MR) is 221 cm³/mol. The van der Waals surface area contributed by atoms with Gasteiger partial charge in [0.05, 0.1) is 15.9 Å². The molecule has 0 aliphatic carbocycles. The SMILES string of the molecule is c1ccc(-c2ccc(-c3nc(-c4ccc5c6c(cccc46)-c4cccc(-c6ccc7ccccc7c6)c4S5)nc4c3sc3ccccc34)cc2)cc1.